The monoisotopic (exact) mass is 336 g/mol. The number of fused-ring (bicyclic) bond motifs is 3. The fraction of sp³-hybridized carbons (Fsp3) is 0.167. The lowest BCUT2D eigenvalue weighted by molar-refractivity contribution is -0.178. The molecule has 1 N–H and O–H groups in total. The van der Waals surface area contributed by atoms with Crippen LogP contribution >= 0.6 is 0 Å². The number of imide groups is 1. The summed E-state index contributed by atoms with van der Waals surface area (Å²) in [5.41, 5.74) is 2.13. The van der Waals surface area contributed by atoms with Crippen LogP contribution in [0.1, 0.15) is 26.3 Å². The van der Waals surface area contributed by atoms with Crippen molar-refractivity contribution in [3.63, 3.8) is 0 Å². The van der Waals surface area contributed by atoms with Gasteiger partial charge in [-0.05, 0) is 30.3 Å². The Morgan fingerprint density at radius 3 is 2.20 bits per heavy atom. The molecule has 0 bridgehead atoms. The zero-order valence-corrected chi connectivity index (χ0v) is 12.9. The van der Waals surface area contributed by atoms with E-state index in [9.17, 15) is 14.4 Å². The lowest BCUT2D eigenvalue weighted by Crippen LogP contribution is -2.35. The number of ether oxygens (including phenoxy) is 2. The molecule has 3 heterocycles. The number of carbonyl (C=O) groups is 3. The molecule has 0 atom stereocenters. The quantitative estimate of drug-likeness (QED) is 0.800. The van der Waals surface area contributed by atoms with E-state index in [4.69, 9.17) is 9.47 Å². The molecule has 3 aliphatic rings. The minimum absolute atomic E-state index is 0.296. The standard InChI is InChI=1S/C18H12N2O5/c21-15-11-3-1-2-4-12(11)16(22)20(15)10-5-6-14-13(9-10)18(17(23)19-14)24-7-8-25-18/h1-6,9H,7-8H2,(H,19,23). The lowest BCUT2D eigenvalue weighted by Gasteiger charge is -2.21. The van der Waals surface area contributed by atoms with Crippen LogP contribution in [0.5, 0.6) is 0 Å². The minimum Gasteiger partial charge on any atom is -0.336 e. The first kappa shape index (κ1) is 14.3. The summed E-state index contributed by atoms with van der Waals surface area (Å²) in [7, 11) is 0. The van der Waals surface area contributed by atoms with Crippen LogP contribution in [-0.2, 0) is 20.1 Å². The van der Waals surface area contributed by atoms with E-state index in [1.54, 1.807) is 42.5 Å². The Morgan fingerprint density at radius 2 is 1.56 bits per heavy atom. The minimum atomic E-state index is -1.50. The van der Waals surface area contributed by atoms with Crippen LogP contribution in [0.4, 0.5) is 11.4 Å². The van der Waals surface area contributed by atoms with Crippen LogP contribution in [0.3, 0.4) is 0 Å². The van der Waals surface area contributed by atoms with Gasteiger partial charge in [0, 0.05) is 5.56 Å². The van der Waals surface area contributed by atoms with Crippen molar-refractivity contribution in [1.82, 2.24) is 0 Å². The average Bonchev–Trinajstić information content (AvgIpc) is 3.28. The van der Waals surface area contributed by atoms with Gasteiger partial charge in [0.2, 0.25) is 0 Å². The second-order valence-corrected chi connectivity index (χ2v) is 5.99. The molecule has 5 rings (SSSR count). The van der Waals surface area contributed by atoms with Gasteiger partial charge in [-0.25, -0.2) is 4.90 Å². The van der Waals surface area contributed by atoms with E-state index in [0.717, 1.165) is 4.90 Å². The van der Waals surface area contributed by atoms with Gasteiger partial charge in [0.25, 0.3) is 23.5 Å². The number of rotatable bonds is 1. The van der Waals surface area contributed by atoms with Crippen molar-refractivity contribution in [3.8, 4) is 0 Å². The summed E-state index contributed by atoms with van der Waals surface area (Å²) in [6.07, 6.45) is 0. The first-order chi connectivity index (χ1) is 12.1. The molecule has 3 aliphatic heterocycles. The van der Waals surface area contributed by atoms with Crippen LogP contribution < -0.4 is 10.2 Å². The number of hydrogen-bond acceptors (Lipinski definition) is 5. The molecule has 0 aromatic heterocycles. The number of nitrogens with one attached hydrogen (secondary N) is 1. The highest BCUT2D eigenvalue weighted by molar-refractivity contribution is 6.34. The fourth-order valence-corrected chi connectivity index (χ4v) is 3.50. The predicted octanol–water partition coefficient (Wildman–Crippen LogP) is 1.64. The molecule has 1 fully saturated rings. The average molecular weight is 336 g/mol. The molecule has 7 nitrogen and oxygen atoms in total. The van der Waals surface area contributed by atoms with Crippen molar-refractivity contribution in [1.29, 1.82) is 0 Å². The lowest BCUT2D eigenvalue weighted by atomic mass is 10.1. The molecule has 2 aromatic rings. The van der Waals surface area contributed by atoms with Gasteiger partial charge in [-0.1, -0.05) is 12.1 Å². The summed E-state index contributed by atoms with van der Waals surface area (Å²) in [5, 5.41) is 2.71. The molecule has 7 heteroatoms. The molecule has 0 radical (unpaired) electrons. The molecule has 25 heavy (non-hydrogen) atoms. The summed E-state index contributed by atoms with van der Waals surface area (Å²) in [6.45, 7) is 0.591. The highest BCUT2D eigenvalue weighted by Crippen LogP contribution is 2.44. The second kappa shape index (κ2) is 4.75. The van der Waals surface area contributed by atoms with E-state index < -0.39 is 11.7 Å². The van der Waals surface area contributed by atoms with E-state index in [-0.39, 0.29) is 11.8 Å². The Hall–Kier alpha value is -3.03. The number of nitrogens with zero attached hydrogens (tertiary/aromatic N) is 1. The molecule has 0 aliphatic carbocycles. The Balaban J connectivity index is 1.62. The molecule has 2 aromatic carbocycles. The van der Waals surface area contributed by atoms with Crippen molar-refractivity contribution >= 4 is 29.1 Å². The Labute approximate surface area is 142 Å². The van der Waals surface area contributed by atoms with Crippen LogP contribution in [0.2, 0.25) is 0 Å². The SMILES string of the molecule is O=C1c2ccccc2C(=O)N1c1ccc2c(c1)C1(OCCO1)C(=O)N2. The second-order valence-electron chi connectivity index (χ2n) is 5.99. The van der Waals surface area contributed by atoms with E-state index >= 15 is 0 Å². The molecule has 124 valence electrons. The molecular formula is C18H12N2O5. The number of amides is 3. The van der Waals surface area contributed by atoms with Crippen molar-refractivity contribution in [2.45, 2.75) is 5.79 Å². The third kappa shape index (κ3) is 1.73. The van der Waals surface area contributed by atoms with Crippen molar-refractivity contribution in [3.05, 3.63) is 59.2 Å². The number of carbonyl (C=O) groups excluding carboxylic acids is 3. The van der Waals surface area contributed by atoms with Gasteiger partial charge in [-0.3, -0.25) is 14.4 Å². The summed E-state index contributed by atoms with van der Waals surface area (Å²) >= 11 is 0. The van der Waals surface area contributed by atoms with E-state index in [1.165, 1.54) is 0 Å². The number of benzene rings is 2. The first-order valence-electron chi connectivity index (χ1n) is 7.83. The summed E-state index contributed by atoms with van der Waals surface area (Å²) in [4.78, 5) is 38.7. The summed E-state index contributed by atoms with van der Waals surface area (Å²) in [5.74, 6) is -2.68. The van der Waals surface area contributed by atoms with Crippen LogP contribution in [0.15, 0.2) is 42.5 Å². The zero-order chi connectivity index (χ0) is 17.2. The van der Waals surface area contributed by atoms with Crippen LogP contribution in [0.25, 0.3) is 0 Å². The van der Waals surface area contributed by atoms with Crippen molar-refractivity contribution in [2.24, 2.45) is 0 Å². The molecule has 0 saturated carbocycles. The van der Waals surface area contributed by atoms with Gasteiger partial charge in [0.15, 0.2) is 0 Å². The highest BCUT2D eigenvalue weighted by Gasteiger charge is 2.53. The number of anilines is 2. The molecule has 0 unspecified atom stereocenters. The normalized spacial score (nSPS) is 20.2. The molecular weight excluding hydrogens is 324 g/mol. The largest absolute Gasteiger partial charge is 0.336 e. The van der Waals surface area contributed by atoms with E-state index in [2.05, 4.69) is 5.32 Å². The van der Waals surface area contributed by atoms with Gasteiger partial charge in [-0.15, -0.1) is 0 Å². The Morgan fingerprint density at radius 1 is 0.920 bits per heavy atom. The summed E-state index contributed by atoms with van der Waals surface area (Å²) < 4.78 is 11.1. The Kier molecular flexibility index (Phi) is 2.72. The van der Waals surface area contributed by atoms with Gasteiger partial charge < -0.3 is 14.8 Å². The number of hydrogen-bond donors (Lipinski definition) is 1. The molecule has 1 saturated heterocycles. The molecule has 1 spiro atoms. The smallest absolute Gasteiger partial charge is 0.289 e. The maximum Gasteiger partial charge on any atom is 0.289 e. The maximum atomic E-state index is 12.6. The third-order valence-electron chi connectivity index (χ3n) is 4.65. The maximum absolute atomic E-state index is 12.6. The Bertz CT molecular complexity index is 927. The van der Waals surface area contributed by atoms with E-state index in [1.807, 2.05) is 0 Å². The summed E-state index contributed by atoms with van der Waals surface area (Å²) in [6, 6.07) is 11.5. The van der Waals surface area contributed by atoms with Crippen LogP contribution in [-0.4, -0.2) is 30.9 Å². The van der Waals surface area contributed by atoms with Crippen LogP contribution in [0, 0.1) is 0 Å². The highest BCUT2D eigenvalue weighted by atomic mass is 16.7. The van der Waals surface area contributed by atoms with Crippen molar-refractivity contribution in [2.75, 3.05) is 23.4 Å². The van der Waals surface area contributed by atoms with E-state index in [0.29, 0.717) is 41.3 Å². The van der Waals surface area contributed by atoms with Gasteiger partial charge in [-0.2, -0.15) is 0 Å². The van der Waals surface area contributed by atoms with Gasteiger partial charge >= 0.3 is 0 Å². The predicted molar refractivity (Wildman–Crippen MR) is 86.2 cm³/mol. The zero-order valence-electron chi connectivity index (χ0n) is 12.9. The first-order valence-corrected chi connectivity index (χ1v) is 7.83. The van der Waals surface area contributed by atoms with Gasteiger partial charge in [0.05, 0.1) is 35.7 Å². The molecule has 3 amide bonds. The topological polar surface area (TPSA) is 84.9 Å². The van der Waals surface area contributed by atoms with Crippen molar-refractivity contribution < 1.29 is 23.9 Å². The fourth-order valence-electron chi connectivity index (χ4n) is 3.50. The third-order valence-corrected chi connectivity index (χ3v) is 4.65. The van der Waals surface area contributed by atoms with Gasteiger partial charge in [0.1, 0.15) is 0 Å².